The number of esters is 2. The first kappa shape index (κ1) is 24.2. The molecule has 3 fully saturated rings. The maximum Gasteiger partial charge on any atom is 0.338 e. The Morgan fingerprint density at radius 1 is 1.09 bits per heavy atom. The molecule has 2 saturated carbocycles. The third kappa shape index (κ3) is 4.32. The van der Waals surface area contributed by atoms with Gasteiger partial charge in [-0.1, -0.05) is 20.8 Å². The molecule has 6 nitrogen and oxygen atoms in total. The lowest BCUT2D eigenvalue weighted by Gasteiger charge is -2.44. The number of hydrogen-bond acceptors (Lipinski definition) is 6. The van der Waals surface area contributed by atoms with E-state index in [1.165, 1.54) is 0 Å². The summed E-state index contributed by atoms with van der Waals surface area (Å²) in [6.45, 7) is 13.8. The molecule has 0 radical (unpaired) electrons. The molecule has 1 aliphatic heterocycles. The van der Waals surface area contributed by atoms with Crippen LogP contribution in [0.25, 0.3) is 0 Å². The highest BCUT2D eigenvalue weighted by Gasteiger charge is 2.68. The molecule has 1 heterocycles. The molecule has 1 N–H and O–H groups in total. The maximum absolute atomic E-state index is 13.2. The molecule has 0 aromatic heterocycles. The van der Waals surface area contributed by atoms with Crippen LogP contribution in [-0.4, -0.2) is 40.5 Å². The molecule has 4 rings (SSSR count). The van der Waals surface area contributed by atoms with Crippen LogP contribution < -0.4 is 4.74 Å². The van der Waals surface area contributed by atoms with E-state index in [4.69, 9.17) is 14.2 Å². The number of carbonyl (C=O) groups is 2. The van der Waals surface area contributed by atoms with E-state index in [1.807, 2.05) is 13.8 Å². The van der Waals surface area contributed by atoms with Crippen molar-refractivity contribution in [3.63, 3.8) is 0 Å². The molecule has 1 saturated heterocycles. The largest absolute Gasteiger partial charge is 0.458 e. The van der Waals surface area contributed by atoms with Crippen molar-refractivity contribution in [1.29, 1.82) is 0 Å². The summed E-state index contributed by atoms with van der Waals surface area (Å²) >= 11 is 0. The summed E-state index contributed by atoms with van der Waals surface area (Å²) in [5.74, 6) is -0.464. The molecule has 0 amide bonds. The first-order valence-electron chi connectivity index (χ1n) is 12.1. The standard InChI is InChI=1S/C27H38O6/c1-16(2)27(30)13-12-25(6)15-20-26(7,33-20)14-19(21(25)27)32-22(28)17-8-10-18(11-9-17)31-23(29)24(3,4)5/h8-11,16,19-21,30H,12-15H2,1-7H3/t19-,20+,21-,25-,26-,27-/m1/s1. The van der Waals surface area contributed by atoms with Gasteiger partial charge in [-0.3, -0.25) is 4.79 Å². The van der Waals surface area contributed by atoms with Gasteiger partial charge in [0.1, 0.15) is 11.9 Å². The van der Waals surface area contributed by atoms with Gasteiger partial charge in [-0.25, -0.2) is 4.79 Å². The molecule has 0 spiro atoms. The van der Waals surface area contributed by atoms with Crippen molar-refractivity contribution >= 4 is 11.9 Å². The van der Waals surface area contributed by atoms with Crippen LogP contribution in [0, 0.1) is 22.7 Å². The summed E-state index contributed by atoms with van der Waals surface area (Å²) < 4.78 is 17.6. The Morgan fingerprint density at radius 2 is 1.73 bits per heavy atom. The second kappa shape index (κ2) is 7.81. The molecule has 0 unspecified atom stereocenters. The molecular formula is C27H38O6. The van der Waals surface area contributed by atoms with Gasteiger partial charge in [0.15, 0.2) is 0 Å². The third-order valence-corrected chi connectivity index (χ3v) is 8.22. The molecule has 1 aromatic carbocycles. The molecule has 2 aliphatic carbocycles. The zero-order chi connectivity index (χ0) is 24.4. The Labute approximate surface area is 197 Å². The van der Waals surface area contributed by atoms with Crippen LogP contribution in [0.1, 0.15) is 84.5 Å². The van der Waals surface area contributed by atoms with Crippen molar-refractivity contribution in [2.45, 2.75) is 97.6 Å². The Kier molecular flexibility index (Phi) is 5.73. The average molecular weight is 459 g/mol. The average Bonchev–Trinajstić information content (AvgIpc) is 3.25. The normalized spacial score (nSPS) is 37.7. The van der Waals surface area contributed by atoms with E-state index in [-0.39, 0.29) is 34.9 Å². The van der Waals surface area contributed by atoms with E-state index in [0.29, 0.717) is 24.2 Å². The number of benzene rings is 1. The molecule has 182 valence electrons. The number of aliphatic hydroxyl groups is 1. The van der Waals surface area contributed by atoms with Crippen molar-refractivity contribution < 1.29 is 28.9 Å². The maximum atomic E-state index is 13.2. The molecule has 3 aliphatic rings. The van der Waals surface area contributed by atoms with Gasteiger partial charge in [-0.2, -0.15) is 0 Å². The number of carbonyl (C=O) groups excluding carboxylic acids is 2. The smallest absolute Gasteiger partial charge is 0.338 e. The van der Waals surface area contributed by atoms with E-state index in [9.17, 15) is 14.7 Å². The van der Waals surface area contributed by atoms with Crippen LogP contribution in [0.15, 0.2) is 24.3 Å². The van der Waals surface area contributed by atoms with Gasteiger partial charge in [-0.15, -0.1) is 0 Å². The highest BCUT2D eigenvalue weighted by atomic mass is 16.6. The number of fused-ring (bicyclic) bond motifs is 2. The molecule has 1 aromatic rings. The summed E-state index contributed by atoms with van der Waals surface area (Å²) in [6.07, 6.45) is 2.78. The van der Waals surface area contributed by atoms with E-state index in [0.717, 1.165) is 12.8 Å². The summed E-state index contributed by atoms with van der Waals surface area (Å²) in [5.41, 5.74) is -1.55. The number of rotatable bonds is 4. The van der Waals surface area contributed by atoms with Gasteiger partial charge in [-0.05, 0) is 82.6 Å². The van der Waals surface area contributed by atoms with Crippen LogP contribution in [0.3, 0.4) is 0 Å². The zero-order valence-corrected chi connectivity index (χ0v) is 20.9. The summed E-state index contributed by atoms with van der Waals surface area (Å²) in [5, 5.41) is 11.7. The second-order valence-electron chi connectivity index (χ2n) is 12.2. The van der Waals surface area contributed by atoms with E-state index in [1.54, 1.807) is 45.0 Å². The summed E-state index contributed by atoms with van der Waals surface area (Å²) in [6, 6.07) is 6.45. The molecular weight excluding hydrogens is 420 g/mol. The Morgan fingerprint density at radius 3 is 2.30 bits per heavy atom. The van der Waals surface area contributed by atoms with Gasteiger partial charge in [0.25, 0.3) is 0 Å². The van der Waals surface area contributed by atoms with Gasteiger partial charge in [0.2, 0.25) is 0 Å². The Bertz CT molecular complexity index is 931. The van der Waals surface area contributed by atoms with E-state index < -0.39 is 23.1 Å². The van der Waals surface area contributed by atoms with Crippen molar-refractivity contribution in [3.8, 4) is 5.75 Å². The van der Waals surface area contributed by atoms with Gasteiger partial charge >= 0.3 is 11.9 Å². The van der Waals surface area contributed by atoms with E-state index >= 15 is 0 Å². The predicted octanol–water partition coefficient (Wildman–Crippen LogP) is 4.92. The van der Waals surface area contributed by atoms with Crippen molar-refractivity contribution in [3.05, 3.63) is 29.8 Å². The van der Waals surface area contributed by atoms with Crippen LogP contribution >= 0.6 is 0 Å². The first-order valence-corrected chi connectivity index (χ1v) is 12.1. The second-order valence-corrected chi connectivity index (χ2v) is 12.2. The SMILES string of the molecule is CC(C)[C@]1(O)CC[C@]2(C)C[C@@H]3O[C@]3(C)C[C@@H](OC(=O)c3ccc(OC(=O)C(C)(C)C)cc3)[C@H]21. The predicted molar refractivity (Wildman–Crippen MR) is 124 cm³/mol. The molecule has 6 heteroatoms. The summed E-state index contributed by atoms with van der Waals surface area (Å²) in [7, 11) is 0. The van der Waals surface area contributed by atoms with Crippen LogP contribution in [0.4, 0.5) is 0 Å². The highest BCUT2D eigenvalue weighted by molar-refractivity contribution is 5.89. The Balaban J connectivity index is 1.55. The minimum Gasteiger partial charge on any atom is -0.458 e. The zero-order valence-electron chi connectivity index (χ0n) is 20.9. The minimum atomic E-state index is -0.877. The fraction of sp³-hybridized carbons (Fsp3) is 0.704. The molecule has 6 atom stereocenters. The lowest BCUT2D eigenvalue weighted by molar-refractivity contribution is -0.143. The highest BCUT2D eigenvalue weighted by Crippen LogP contribution is 2.63. The fourth-order valence-electron chi connectivity index (χ4n) is 5.95. The minimum absolute atomic E-state index is 0.0606. The summed E-state index contributed by atoms with van der Waals surface area (Å²) in [4.78, 5) is 25.3. The van der Waals surface area contributed by atoms with Crippen LogP contribution in [0.2, 0.25) is 0 Å². The number of hydrogen-bond donors (Lipinski definition) is 1. The van der Waals surface area contributed by atoms with Gasteiger partial charge in [0.05, 0.1) is 28.3 Å². The fourth-order valence-corrected chi connectivity index (χ4v) is 5.95. The van der Waals surface area contributed by atoms with Gasteiger partial charge < -0.3 is 19.3 Å². The van der Waals surface area contributed by atoms with E-state index in [2.05, 4.69) is 13.8 Å². The van der Waals surface area contributed by atoms with Crippen LogP contribution in [-0.2, 0) is 14.3 Å². The van der Waals surface area contributed by atoms with Crippen molar-refractivity contribution in [1.82, 2.24) is 0 Å². The van der Waals surface area contributed by atoms with Crippen molar-refractivity contribution in [2.24, 2.45) is 22.7 Å². The lowest BCUT2D eigenvalue weighted by Crippen LogP contribution is -2.50. The Hall–Kier alpha value is -1.92. The third-order valence-electron chi connectivity index (χ3n) is 8.22. The lowest BCUT2D eigenvalue weighted by atomic mass is 9.67. The molecule has 0 bridgehead atoms. The van der Waals surface area contributed by atoms with Gasteiger partial charge in [0, 0.05) is 12.3 Å². The topological polar surface area (TPSA) is 85.4 Å². The number of epoxide rings is 1. The van der Waals surface area contributed by atoms with Crippen LogP contribution in [0.5, 0.6) is 5.75 Å². The van der Waals surface area contributed by atoms with Crippen molar-refractivity contribution in [2.75, 3.05) is 0 Å². The number of ether oxygens (including phenoxy) is 3. The molecule has 33 heavy (non-hydrogen) atoms. The monoisotopic (exact) mass is 458 g/mol. The quantitative estimate of drug-likeness (QED) is 0.392. The first-order chi connectivity index (χ1) is 15.2.